The molecular formula is C13H26N2OS. The van der Waals surface area contributed by atoms with E-state index in [1.165, 1.54) is 18.6 Å². The van der Waals surface area contributed by atoms with Crippen LogP contribution in [0.1, 0.15) is 33.1 Å². The molecule has 0 bridgehead atoms. The highest BCUT2D eigenvalue weighted by Gasteiger charge is 2.44. The van der Waals surface area contributed by atoms with E-state index in [0.717, 1.165) is 32.7 Å². The first-order valence-electron chi connectivity index (χ1n) is 6.91. The van der Waals surface area contributed by atoms with Gasteiger partial charge in [-0.25, -0.2) is 0 Å². The van der Waals surface area contributed by atoms with Crippen molar-refractivity contribution in [3.8, 4) is 0 Å². The molecule has 0 radical (unpaired) electrons. The smallest absolute Gasteiger partial charge is 0.0700 e. The van der Waals surface area contributed by atoms with Crippen molar-refractivity contribution in [2.45, 2.75) is 50.0 Å². The standard InChI is InChI=1S/C13H26N2OS/c1-3-12-9-15(6-7-16-12)13(10-14)5-4-8-17-11(13)2/h11-12H,3-10,14H2,1-2H3. The molecule has 2 heterocycles. The fraction of sp³-hybridized carbons (Fsp3) is 1.00. The molecule has 0 aromatic heterocycles. The monoisotopic (exact) mass is 258 g/mol. The molecule has 0 saturated carbocycles. The van der Waals surface area contributed by atoms with Crippen LogP contribution in [-0.2, 0) is 4.74 Å². The van der Waals surface area contributed by atoms with Crippen molar-refractivity contribution in [2.24, 2.45) is 5.73 Å². The summed E-state index contributed by atoms with van der Waals surface area (Å²) in [6.07, 6.45) is 4.08. The maximum atomic E-state index is 6.15. The van der Waals surface area contributed by atoms with Gasteiger partial charge in [-0.1, -0.05) is 13.8 Å². The second kappa shape index (κ2) is 5.91. The van der Waals surface area contributed by atoms with E-state index in [1.807, 2.05) is 0 Å². The summed E-state index contributed by atoms with van der Waals surface area (Å²) in [5, 5.41) is 0.650. The van der Waals surface area contributed by atoms with Gasteiger partial charge in [0, 0.05) is 30.4 Å². The summed E-state index contributed by atoms with van der Waals surface area (Å²) >= 11 is 2.09. The zero-order valence-electron chi connectivity index (χ0n) is 11.2. The summed E-state index contributed by atoms with van der Waals surface area (Å²) in [6, 6.07) is 0. The van der Waals surface area contributed by atoms with Crippen LogP contribution in [0, 0.1) is 0 Å². The molecule has 3 nitrogen and oxygen atoms in total. The van der Waals surface area contributed by atoms with Crippen LogP contribution in [0.15, 0.2) is 0 Å². The van der Waals surface area contributed by atoms with Gasteiger partial charge >= 0.3 is 0 Å². The molecule has 2 rings (SSSR count). The molecule has 0 amide bonds. The van der Waals surface area contributed by atoms with E-state index in [1.54, 1.807) is 0 Å². The number of ether oxygens (including phenoxy) is 1. The Balaban J connectivity index is 2.10. The van der Waals surface area contributed by atoms with E-state index in [0.29, 0.717) is 11.4 Å². The van der Waals surface area contributed by atoms with Crippen LogP contribution in [0.3, 0.4) is 0 Å². The predicted octanol–water partition coefficient (Wildman–Crippen LogP) is 1.71. The van der Waals surface area contributed by atoms with Gasteiger partial charge in [0.15, 0.2) is 0 Å². The molecule has 3 unspecified atom stereocenters. The Morgan fingerprint density at radius 1 is 1.53 bits per heavy atom. The fourth-order valence-corrected chi connectivity index (χ4v) is 4.52. The van der Waals surface area contributed by atoms with Crippen molar-refractivity contribution in [3.63, 3.8) is 0 Å². The van der Waals surface area contributed by atoms with Crippen LogP contribution in [0.4, 0.5) is 0 Å². The quantitative estimate of drug-likeness (QED) is 0.836. The summed E-state index contributed by atoms with van der Waals surface area (Å²) < 4.78 is 5.78. The van der Waals surface area contributed by atoms with Crippen molar-refractivity contribution in [2.75, 3.05) is 32.0 Å². The normalized spacial score (nSPS) is 40.4. The van der Waals surface area contributed by atoms with Crippen LogP contribution < -0.4 is 5.73 Å². The van der Waals surface area contributed by atoms with Crippen LogP contribution in [0.2, 0.25) is 0 Å². The van der Waals surface area contributed by atoms with Crippen LogP contribution in [-0.4, -0.2) is 53.8 Å². The van der Waals surface area contributed by atoms with E-state index in [-0.39, 0.29) is 5.54 Å². The molecule has 0 spiro atoms. The minimum Gasteiger partial charge on any atom is -0.376 e. The van der Waals surface area contributed by atoms with E-state index >= 15 is 0 Å². The predicted molar refractivity (Wildman–Crippen MR) is 74.5 cm³/mol. The van der Waals surface area contributed by atoms with E-state index < -0.39 is 0 Å². The number of rotatable bonds is 3. The Morgan fingerprint density at radius 2 is 2.35 bits per heavy atom. The molecular weight excluding hydrogens is 232 g/mol. The SMILES string of the molecule is CCC1CN(C2(CN)CCCSC2C)CCO1. The highest BCUT2D eigenvalue weighted by molar-refractivity contribution is 8.00. The number of hydrogen-bond acceptors (Lipinski definition) is 4. The zero-order chi connectivity index (χ0) is 12.3. The molecule has 100 valence electrons. The third-order valence-corrected chi connectivity index (χ3v) is 5.92. The van der Waals surface area contributed by atoms with E-state index in [4.69, 9.17) is 10.5 Å². The Kier molecular flexibility index (Phi) is 4.75. The van der Waals surface area contributed by atoms with E-state index in [9.17, 15) is 0 Å². The Bertz CT molecular complexity index is 252. The van der Waals surface area contributed by atoms with Gasteiger partial charge in [0.05, 0.1) is 12.7 Å². The van der Waals surface area contributed by atoms with Crippen LogP contribution in [0.5, 0.6) is 0 Å². The molecule has 2 N–H and O–H groups in total. The van der Waals surface area contributed by atoms with Crippen molar-refractivity contribution < 1.29 is 4.74 Å². The lowest BCUT2D eigenvalue weighted by Crippen LogP contribution is -2.64. The Hall–Kier alpha value is 0.230. The maximum absolute atomic E-state index is 6.15. The van der Waals surface area contributed by atoms with Gasteiger partial charge in [-0.3, -0.25) is 4.90 Å². The molecule has 2 aliphatic rings. The second-order valence-corrected chi connectivity index (χ2v) is 6.72. The summed E-state index contributed by atoms with van der Waals surface area (Å²) in [4.78, 5) is 2.63. The van der Waals surface area contributed by atoms with Gasteiger partial charge < -0.3 is 10.5 Å². The van der Waals surface area contributed by atoms with Gasteiger partial charge in [0.2, 0.25) is 0 Å². The number of hydrogen-bond donors (Lipinski definition) is 1. The van der Waals surface area contributed by atoms with Crippen molar-refractivity contribution in [1.29, 1.82) is 0 Å². The first-order chi connectivity index (χ1) is 8.23. The average molecular weight is 258 g/mol. The summed E-state index contributed by atoms with van der Waals surface area (Å²) in [6.45, 7) is 8.35. The molecule has 2 fully saturated rings. The van der Waals surface area contributed by atoms with Gasteiger partial charge in [0.1, 0.15) is 0 Å². The Morgan fingerprint density at radius 3 is 3.00 bits per heavy atom. The largest absolute Gasteiger partial charge is 0.376 e. The highest BCUT2D eigenvalue weighted by Crippen LogP contribution is 2.38. The fourth-order valence-electron chi connectivity index (χ4n) is 3.18. The molecule has 0 aromatic rings. The Labute approximate surface area is 109 Å². The van der Waals surface area contributed by atoms with Gasteiger partial charge in [-0.15, -0.1) is 0 Å². The van der Waals surface area contributed by atoms with Gasteiger partial charge in [-0.2, -0.15) is 11.8 Å². The summed E-state index contributed by atoms with van der Waals surface area (Å²) in [5.41, 5.74) is 6.37. The van der Waals surface area contributed by atoms with E-state index in [2.05, 4.69) is 30.5 Å². The van der Waals surface area contributed by atoms with Gasteiger partial charge in [-0.05, 0) is 25.0 Å². The van der Waals surface area contributed by atoms with Crippen molar-refractivity contribution >= 4 is 11.8 Å². The molecule has 2 saturated heterocycles. The number of nitrogens with two attached hydrogens (primary N) is 1. The summed E-state index contributed by atoms with van der Waals surface area (Å²) in [5.74, 6) is 1.30. The second-order valence-electron chi connectivity index (χ2n) is 5.27. The molecule has 0 aromatic carbocycles. The van der Waals surface area contributed by atoms with Gasteiger partial charge in [0.25, 0.3) is 0 Å². The lowest BCUT2D eigenvalue weighted by molar-refractivity contribution is -0.0717. The molecule has 0 aliphatic carbocycles. The van der Waals surface area contributed by atoms with Crippen molar-refractivity contribution in [1.82, 2.24) is 4.90 Å². The van der Waals surface area contributed by atoms with Crippen molar-refractivity contribution in [3.05, 3.63) is 0 Å². The third-order valence-electron chi connectivity index (χ3n) is 4.46. The average Bonchev–Trinajstić information content (AvgIpc) is 2.40. The number of morpholine rings is 1. The lowest BCUT2D eigenvalue weighted by Gasteiger charge is -2.52. The minimum absolute atomic E-state index is 0.222. The summed E-state index contributed by atoms with van der Waals surface area (Å²) in [7, 11) is 0. The maximum Gasteiger partial charge on any atom is 0.0700 e. The molecule has 3 atom stereocenters. The molecule has 17 heavy (non-hydrogen) atoms. The number of nitrogens with zero attached hydrogens (tertiary/aromatic N) is 1. The number of thioether (sulfide) groups is 1. The molecule has 2 aliphatic heterocycles. The third kappa shape index (κ3) is 2.65. The highest BCUT2D eigenvalue weighted by atomic mass is 32.2. The first-order valence-corrected chi connectivity index (χ1v) is 7.96. The topological polar surface area (TPSA) is 38.5 Å². The van der Waals surface area contributed by atoms with Crippen LogP contribution >= 0.6 is 11.8 Å². The minimum atomic E-state index is 0.222. The molecule has 4 heteroatoms. The zero-order valence-corrected chi connectivity index (χ0v) is 12.0. The first kappa shape index (κ1) is 13.7. The van der Waals surface area contributed by atoms with Crippen LogP contribution in [0.25, 0.3) is 0 Å². The lowest BCUT2D eigenvalue weighted by atomic mass is 9.86.